The van der Waals surface area contributed by atoms with Gasteiger partial charge in [-0.05, 0) is 18.2 Å². The predicted octanol–water partition coefficient (Wildman–Crippen LogP) is 2.93. The summed E-state index contributed by atoms with van der Waals surface area (Å²) in [6.07, 6.45) is -4.38. The second-order valence-corrected chi connectivity index (χ2v) is 6.77. The zero-order valence-electron chi connectivity index (χ0n) is 12.5. The van der Waals surface area contributed by atoms with Gasteiger partial charge in [0.15, 0.2) is 16.7 Å². The molecule has 0 aliphatic carbocycles. The highest BCUT2D eigenvalue weighted by Crippen LogP contribution is 2.37. The Balaban J connectivity index is 1.66. The molecule has 0 spiro atoms. The van der Waals surface area contributed by atoms with Crippen LogP contribution in [0.1, 0.15) is 12.1 Å². The molecular weight excluding hydrogens is 361 g/mol. The van der Waals surface area contributed by atoms with Crippen molar-refractivity contribution in [3.8, 4) is 11.5 Å². The maximum absolute atomic E-state index is 13.2. The van der Waals surface area contributed by atoms with Gasteiger partial charge in [0.25, 0.3) is 0 Å². The molecule has 2 bridgehead atoms. The van der Waals surface area contributed by atoms with Crippen molar-refractivity contribution in [2.45, 2.75) is 35.4 Å². The van der Waals surface area contributed by atoms with E-state index < -0.39 is 23.4 Å². The Bertz CT molecular complexity index is 797. The summed E-state index contributed by atoms with van der Waals surface area (Å²) < 4.78 is 55.2. The highest BCUT2D eigenvalue weighted by atomic mass is 32.2. The molecule has 6 nitrogen and oxygen atoms in total. The van der Waals surface area contributed by atoms with Crippen molar-refractivity contribution in [2.24, 2.45) is 0 Å². The van der Waals surface area contributed by atoms with E-state index in [4.69, 9.17) is 13.9 Å². The third-order valence-electron chi connectivity index (χ3n) is 3.82. The van der Waals surface area contributed by atoms with Crippen molar-refractivity contribution in [3.05, 3.63) is 30.2 Å². The fraction of sp³-hybridized carbons (Fsp3) is 0.400. The number of rotatable bonds is 3. The lowest BCUT2D eigenvalue weighted by Crippen LogP contribution is -2.37. The van der Waals surface area contributed by atoms with Gasteiger partial charge in [0.05, 0.1) is 19.0 Å². The molecule has 4 rings (SSSR count). The van der Waals surface area contributed by atoms with Gasteiger partial charge in [-0.3, -0.25) is 4.79 Å². The molecule has 2 aliphatic heterocycles. The molecule has 0 aromatic carbocycles. The number of nitrogens with zero attached hydrogens (tertiary/aromatic N) is 2. The number of hydrogen-bond donors (Lipinski definition) is 0. The van der Waals surface area contributed by atoms with Crippen molar-refractivity contribution in [1.82, 2.24) is 9.97 Å². The maximum Gasteiger partial charge on any atom is 0.433 e. The van der Waals surface area contributed by atoms with E-state index in [1.54, 1.807) is 6.07 Å². The van der Waals surface area contributed by atoms with Crippen molar-refractivity contribution >= 4 is 17.5 Å². The fourth-order valence-electron chi connectivity index (χ4n) is 2.64. The number of aromatic nitrogens is 2. The summed E-state index contributed by atoms with van der Waals surface area (Å²) >= 11 is 0.980. The number of Topliss-reactive ketones (excluding diaryl/α,β-unsaturated/α-hetero) is 1. The number of carbonyl (C=O) groups is 1. The number of thioether (sulfide) groups is 1. The first-order valence-electron chi connectivity index (χ1n) is 7.37. The smallest absolute Gasteiger partial charge is 0.433 e. The quantitative estimate of drug-likeness (QED) is 0.767. The van der Waals surface area contributed by atoms with Crippen LogP contribution in [-0.2, 0) is 20.4 Å². The lowest BCUT2D eigenvalue weighted by Gasteiger charge is -2.25. The van der Waals surface area contributed by atoms with Crippen LogP contribution in [0.5, 0.6) is 0 Å². The average molecular weight is 372 g/mol. The third-order valence-corrected chi connectivity index (χ3v) is 4.98. The topological polar surface area (TPSA) is 74.5 Å². The molecule has 2 aromatic heterocycles. The molecule has 2 aromatic rings. The van der Waals surface area contributed by atoms with E-state index in [0.717, 1.165) is 17.8 Å². The number of fused-ring (bicyclic) bond motifs is 2. The Morgan fingerprint density at radius 3 is 2.84 bits per heavy atom. The van der Waals surface area contributed by atoms with Gasteiger partial charge >= 0.3 is 6.18 Å². The number of hydrogen-bond acceptors (Lipinski definition) is 7. The summed E-state index contributed by atoms with van der Waals surface area (Å²) in [4.78, 5) is 19.6. The van der Waals surface area contributed by atoms with Crippen LogP contribution in [0.15, 0.2) is 34.0 Å². The number of furan rings is 1. The van der Waals surface area contributed by atoms with Gasteiger partial charge in [-0.1, -0.05) is 11.8 Å². The number of ketones is 1. The van der Waals surface area contributed by atoms with E-state index in [1.165, 1.54) is 12.3 Å². The van der Waals surface area contributed by atoms with Gasteiger partial charge in [-0.25, -0.2) is 9.97 Å². The van der Waals surface area contributed by atoms with E-state index >= 15 is 0 Å². The molecule has 3 atom stereocenters. The number of alkyl halides is 3. The second kappa shape index (κ2) is 6.11. The zero-order chi connectivity index (χ0) is 17.6. The summed E-state index contributed by atoms with van der Waals surface area (Å²) in [5.41, 5.74) is -1.04. The van der Waals surface area contributed by atoms with Gasteiger partial charge in [0.2, 0.25) is 6.29 Å². The van der Waals surface area contributed by atoms with E-state index in [1.807, 2.05) is 0 Å². The van der Waals surface area contributed by atoms with E-state index in [2.05, 4.69) is 9.97 Å². The van der Waals surface area contributed by atoms with Crippen molar-refractivity contribution in [2.75, 3.05) is 6.61 Å². The predicted molar refractivity (Wildman–Crippen MR) is 78.6 cm³/mol. The Morgan fingerprint density at radius 1 is 1.28 bits per heavy atom. The largest absolute Gasteiger partial charge is 0.463 e. The molecule has 0 amide bonds. The number of carbonyl (C=O) groups excluding carboxylic acids is 1. The fourth-order valence-corrected chi connectivity index (χ4v) is 3.75. The first-order valence-corrected chi connectivity index (χ1v) is 8.25. The molecule has 0 N–H and O–H groups in total. The number of ether oxygens (including phenoxy) is 2. The summed E-state index contributed by atoms with van der Waals surface area (Å²) in [5.74, 6) is -0.0283. The van der Waals surface area contributed by atoms with E-state index in [9.17, 15) is 18.0 Å². The standard InChI is InChI=1S/C15H11F3N2O4S/c16-15(17,18)12-4-7(9-2-1-3-22-9)19-14(20-12)25-11-5-8(21)13-23-6-10(11)24-13/h1-4,10-11,13H,5-6H2/t10-,11-,13+/m1/s1. The first kappa shape index (κ1) is 16.6. The van der Waals surface area contributed by atoms with Gasteiger partial charge in [0.1, 0.15) is 11.4 Å². The molecule has 132 valence electrons. The molecule has 0 saturated carbocycles. The second-order valence-electron chi connectivity index (χ2n) is 5.56. The Labute approximate surface area is 143 Å². The molecule has 2 fully saturated rings. The molecule has 0 radical (unpaired) electrons. The van der Waals surface area contributed by atoms with Crippen LogP contribution in [0.25, 0.3) is 11.5 Å². The van der Waals surface area contributed by atoms with E-state index in [-0.39, 0.29) is 41.5 Å². The van der Waals surface area contributed by atoms with Gasteiger partial charge < -0.3 is 13.9 Å². The summed E-state index contributed by atoms with van der Waals surface area (Å²) in [6, 6.07) is 3.90. The zero-order valence-corrected chi connectivity index (χ0v) is 13.3. The summed E-state index contributed by atoms with van der Waals surface area (Å²) in [6.45, 7) is 0.220. The van der Waals surface area contributed by atoms with Crippen LogP contribution in [0.4, 0.5) is 13.2 Å². The first-order chi connectivity index (χ1) is 11.9. The highest BCUT2D eigenvalue weighted by molar-refractivity contribution is 7.99. The molecule has 25 heavy (non-hydrogen) atoms. The Morgan fingerprint density at radius 2 is 2.12 bits per heavy atom. The van der Waals surface area contributed by atoms with E-state index in [0.29, 0.717) is 0 Å². The molecule has 4 heterocycles. The van der Waals surface area contributed by atoms with Gasteiger partial charge in [-0.2, -0.15) is 13.2 Å². The molecule has 2 saturated heterocycles. The summed E-state index contributed by atoms with van der Waals surface area (Å²) in [7, 11) is 0. The van der Waals surface area contributed by atoms with Crippen LogP contribution in [0.2, 0.25) is 0 Å². The lowest BCUT2D eigenvalue weighted by molar-refractivity contribution is -0.151. The van der Waals surface area contributed by atoms with Crippen molar-refractivity contribution in [3.63, 3.8) is 0 Å². The molecular formula is C15H11F3N2O4S. The molecule has 2 aliphatic rings. The average Bonchev–Trinajstić information content (AvgIpc) is 3.23. The molecule has 0 unspecified atom stereocenters. The van der Waals surface area contributed by atoms with Crippen molar-refractivity contribution < 1.29 is 31.9 Å². The third kappa shape index (κ3) is 3.29. The minimum Gasteiger partial charge on any atom is -0.463 e. The minimum absolute atomic E-state index is 0.0263. The number of halogens is 3. The van der Waals surface area contributed by atoms with Crippen molar-refractivity contribution in [1.29, 1.82) is 0 Å². The minimum atomic E-state index is -4.62. The summed E-state index contributed by atoms with van der Waals surface area (Å²) in [5, 5.41) is -0.493. The SMILES string of the molecule is O=C1C[C@@H](Sc2nc(-c3ccco3)cc(C(F)(F)F)n2)[C@H]2CO[C@H]1O2. The highest BCUT2D eigenvalue weighted by Gasteiger charge is 2.44. The van der Waals surface area contributed by atoms with Crippen LogP contribution < -0.4 is 0 Å². The van der Waals surface area contributed by atoms with Gasteiger partial charge in [0, 0.05) is 11.7 Å². The monoisotopic (exact) mass is 372 g/mol. The molecule has 10 heteroatoms. The normalized spacial score (nSPS) is 26.2. The van der Waals surface area contributed by atoms with Crippen LogP contribution in [0, 0.1) is 0 Å². The maximum atomic E-state index is 13.2. The lowest BCUT2D eigenvalue weighted by atomic mass is 10.1. The van der Waals surface area contributed by atoms with Crippen LogP contribution in [0.3, 0.4) is 0 Å². The van der Waals surface area contributed by atoms with Gasteiger partial charge in [-0.15, -0.1) is 0 Å². The van der Waals surface area contributed by atoms with Crippen LogP contribution in [-0.4, -0.2) is 40.0 Å². The van der Waals surface area contributed by atoms with Crippen LogP contribution >= 0.6 is 11.8 Å². The Hall–Kier alpha value is -1.91. The Kier molecular flexibility index (Phi) is 4.05.